The Morgan fingerprint density at radius 3 is 2.81 bits per heavy atom. The number of carbonyl (C=O) groups excluding carboxylic acids is 2. The zero-order chi connectivity index (χ0) is 14.4. The smallest absolute Gasteiger partial charge is 0.239 e. The third kappa shape index (κ3) is 2.36. The molecule has 4 heteroatoms. The molecule has 3 aliphatic carbocycles. The average molecular weight is 290 g/mol. The Balaban J connectivity index is 1.32. The molecule has 3 saturated carbocycles. The van der Waals surface area contributed by atoms with Crippen LogP contribution in [0.15, 0.2) is 0 Å². The average Bonchev–Trinajstić information content (AvgIpc) is 3.13. The summed E-state index contributed by atoms with van der Waals surface area (Å²) in [6, 6.07) is 0.391. The van der Waals surface area contributed by atoms with Crippen LogP contribution in [0.2, 0.25) is 0 Å². The Morgan fingerprint density at radius 1 is 1.10 bits per heavy atom. The molecule has 21 heavy (non-hydrogen) atoms. The van der Waals surface area contributed by atoms with Crippen LogP contribution in [0.4, 0.5) is 0 Å². The first-order valence-electron chi connectivity index (χ1n) is 8.79. The van der Waals surface area contributed by atoms with E-state index >= 15 is 0 Å². The maximum atomic E-state index is 12.3. The van der Waals surface area contributed by atoms with Crippen LogP contribution in [0.25, 0.3) is 0 Å². The SMILES string of the molecule is O=C(CN1CCCCC1=O)N[C@@H]1C[C@H]2C[C@H]1[C@@H]1CCC[C@H]21. The molecule has 116 valence electrons. The Labute approximate surface area is 126 Å². The lowest BCUT2D eigenvalue weighted by Crippen LogP contribution is -2.48. The molecule has 2 amide bonds. The molecular formula is C17H26N2O2. The minimum absolute atomic E-state index is 0.0670. The molecular weight excluding hydrogens is 264 g/mol. The number of hydrogen-bond acceptors (Lipinski definition) is 2. The standard InChI is InChI=1S/C17H26N2O2/c20-16(10-19-7-2-1-6-17(19)21)18-15-9-11-8-14(15)13-5-3-4-12(11)13/h11-15H,1-10H2,(H,18,20)/t11-,12-,13-,14+,15-/m1/s1. The van der Waals surface area contributed by atoms with E-state index in [-0.39, 0.29) is 18.4 Å². The lowest BCUT2D eigenvalue weighted by Gasteiger charge is -2.33. The van der Waals surface area contributed by atoms with Gasteiger partial charge in [0.2, 0.25) is 11.8 Å². The van der Waals surface area contributed by atoms with E-state index in [1.807, 2.05) is 0 Å². The number of rotatable bonds is 3. The predicted molar refractivity (Wildman–Crippen MR) is 79.4 cm³/mol. The maximum absolute atomic E-state index is 12.3. The molecule has 4 rings (SSSR count). The van der Waals surface area contributed by atoms with Crippen LogP contribution in [0.1, 0.15) is 51.4 Å². The third-order valence-corrected chi connectivity index (χ3v) is 6.53. The zero-order valence-electron chi connectivity index (χ0n) is 12.7. The van der Waals surface area contributed by atoms with E-state index < -0.39 is 0 Å². The highest BCUT2D eigenvalue weighted by Crippen LogP contribution is 2.58. The minimum Gasteiger partial charge on any atom is -0.352 e. The van der Waals surface area contributed by atoms with Gasteiger partial charge in [0.25, 0.3) is 0 Å². The van der Waals surface area contributed by atoms with Crippen molar-refractivity contribution in [2.24, 2.45) is 23.7 Å². The highest BCUT2D eigenvalue weighted by Gasteiger charge is 2.54. The highest BCUT2D eigenvalue weighted by molar-refractivity contribution is 5.85. The Hall–Kier alpha value is -1.06. The van der Waals surface area contributed by atoms with E-state index in [1.165, 1.54) is 32.1 Å². The van der Waals surface area contributed by atoms with E-state index in [9.17, 15) is 9.59 Å². The summed E-state index contributed by atoms with van der Waals surface area (Å²) in [5.41, 5.74) is 0. The Morgan fingerprint density at radius 2 is 1.95 bits per heavy atom. The van der Waals surface area contributed by atoms with Gasteiger partial charge in [0, 0.05) is 19.0 Å². The van der Waals surface area contributed by atoms with Crippen molar-refractivity contribution in [1.29, 1.82) is 0 Å². The minimum atomic E-state index is 0.0670. The molecule has 1 N–H and O–H groups in total. The number of amides is 2. The van der Waals surface area contributed by atoms with Crippen molar-refractivity contribution in [3.8, 4) is 0 Å². The fourth-order valence-corrected chi connectivity index (χ4v) is 5.69. The molecule has 0 unspecified atom stereocenters. The van der Waals surface area contributed by atoms with Gasteiger partial charge in [-0.3, -0.25) is 9.59 Å². The molecule has 0 radical (unpaired) electrons. The first-order valence-corrected chi connectivity index (χ1v) is 8.79. The van der Waals surface area contributed by atoms with Crippen molar-refractivity contribution in [1.82, 2.24) is 10.2 Å². The molecule has 0 spiro atoms. The number of nitrogens with zero attached hydrogens (tertiary/aromatic N) is 1. The molecule has 5 atom stereocenters. The number of hydrogen-bond donors (Lipinski definition) is 1. The van der Waals surface area contributed by atoms with Crippen LogP contribution in [0.3, 0.4) is 0 Å². The van der Waals surface area contributed by atoms with Crippen LogP contribution in [-0.4, -0.2) is 35.8 Å². The summed E-state index contributed by atoms with van der Waals surface area (Å²) in [5.74, 6) is 3.66. The van der Waals surface area contributed by atoms with E-state index in [0.29, 0.717) is 12.5 Å². The predicted octanol–water partition coefficient (Wildman–Crippen LogP) is 1.94. The van der Waals surface area contributed by atoms with Crippen LogP contribution in [-0.2, 0) is 9.59 Å². The molecule has 1 saturated heterocycles. The highest BCUT2D eigenvalue weighted by atomic mass is 16.2. The van der Waals surface area contributed by atoms with E-state index in [1.54, 1.807) is 4.90 Å². The Kier molecular flexibility index (Phi) is 3.43. The van der Waals surface area contributed by atoms with Crippen molar-refractivity contribution in [3.63, 3.8) is 0 Å². The molecule has 4 nitrogen and oxygen atoms in total. The van der Waals surface area contributed by atoms with Crippen molar-refractivity contribution < 1.29 is 9.59 Å². The summed E-state index contributed by atoms with van der Waals surface area (Å²) in [6.45, 7) is 1.04. The van der Waals surface area contributed by atoms with Crippen molar-refractivity contribution in [3.05, 3.63) is 0 Å². The fraction of sp³-hybridized carbons (Fsp3) is 0.882. The van der Waals surface area contributed by atoms with Crippen LogP contribution in [0.5, 0.6) is 0 Å². The van der Waals surface area contributed by atoms with Crippen LogP contribution >= 0.6 is 0 Å². The Bertz CT molecular complexity index is 450. The quantitative estimate of drug-likeness (QED) is 0.863. The normalized spacial score (nSPS) is 41.4. The van der Waals surface area contributed by atoms with Crippen molar-refractivity contribution in [2.45, 2.75) is 57.4 Å². The number of carbonyl (C=O) groups is 2. The second kappa shape index (κ2) is 5.29. The monoisotopic (exact) mass is 290 g/mol. The second-order valence-electron chi connectivity index (χ2n) is 7.60. The topological polar surface area (TPSA) is 49.4 Å². The van der Waals surface area contributed by atoms with Gasteiger partial charge in [0.05, 0.1) is 6.54 Å². The van der Waals surface area contributed by atoms with Crippen LogP contribution in [0, 0.1) is 23.7 Å². The zero-order valence-corrected chi connectivity index (χ0v) is 12.7. The number of piperidine rings is 1. The lowest BCUT2D eigenvalue weighted by atomic mass is 9.79. The largest absolute Gasteiger partial charge is 0.352 e. The molecule has 4 fully saturated rings. The van der Waals surface area contributed by atoms with Crippen molar-refractivity contribution >= 4 is 11.8 Å². The molecule has 2 bridgehead atoms. The van der Waals surface area contributed by atoms with Gasteiger partial charge in [-0.15, -0.1) is 0 Å². The van der Waals surface area contributed by atoms with Gasteiger partial charge < -0.3 is 10.2 Å². The molecule has 1 aliphatic heterocycles. The summed E-state index contributed by atoms with van der Waals surface area (Å²) in [6.07, 6.45) is 9.35. The fourth-order valence-electron chi connectivity index (χ4n) is 5.69. The number of fused-ring (bicyclic) bond motifs is 5. The van der Waals surface area contributed by atoms with Gasteiger partial charge in [0.1, 0.15) is 0 Å². The lowest BCUT2D eigenvalue weighted by molar-refractivity contribution is -0.138. The van der Waals surface area contributed by atoms with Gasteiger partial charge in [-0.2, -0.15) is 0 Å². The van der Waals surface area contributed by atoms with Gasteiger partial charge in [-0.1, -0.05) is 6.42 Å². The third-order valence-electron chi connectivity index (χ3n) is 6.53. The molecule has 4 aliphatic rings. The first-order chi connectivity index (χ1) is 10.2. The van der Waals surface area contributed by atoms with Crippen molar-refractivity contribution in [2.75, 3.05) is 13.1 Å². The summed E-state index contributed by atoms with van der Waals surface area (Å²) in [5, 5.41) is 3.26. The summed E-state index contributed by atoms with van der Waals surface area (Å²) in [7, 11) is 0. The molecule has 0 aromatic heterocycles. The van der Waals surface area contributed by atoms with Gasteiger partial charge >= 0.3 is 0 Å². The number of likely N-dealkylation sites (tertiary alicyclic amines) is 1. The summed E-state index contributed by atoms with van der Waals surface area (Å²) >= 11 is 0. The van der Waals surface area contributed by atoms with E-state index in [4.69, 9.17) is 0 Å². The van der Waals surface area contributed by atoms with Crippen LogP contribution < -0.4 is 5.32 Å². The second-order valence-corrected chi connectivity index (χ2v) is 7.60. The van der Waals surface area contributed by atoms with Gasteiger partial charge in [-0.05, 0) is 62.2 Å². The maximum Gasteiger partial charge on any atom is 0.239 e. The summed E-state index contributed by atoms with van der Waals surface area (Å²) < 4.78 is 0. The summed E-state index contributed by atoms with van der Waals surface area (Å²) in [4.78, 5) is 25.8. The van der Waals surface area contributed by atoms with Gasteiger partial charge in [-0.25, -0.2) is 0 Å². The molecule has 0 aromatic rings. The molecule has 0 aromatic carbocycles. The first kappa shape index (κ1) is 13.6. The molecule has 1 heterocycles. The van der Waals surface area contributed by atoms with E-state index in [2.05, 4.69) is 5.32 Å². The number of nitrogens with one attached hydrogen (secondary N) is 1. The van der Waals surface area contributed by atoms with Gasteiger partial charge in [0.15, 0.2) is 0 Å². The van der Waals surface area contributed by atoms with E-state index in [0.717, 1.165) is 43.1 Å².